The number of carbonyl (C=O) groups is 4. The number of alkyl carbamates (subject to hydrolysis) is 1. The molecule has 58 heavy (non-hydrogen) atoms. The number of hydrogen-bond donors (Lipinski definition) is 4. The first kappa shape index (κ1) is 40.0. The predicted molar refractivity (Wildman–Crippen MR) is 217 cm³/mol. The highest BCUT2D eigenvalue weighted by molar-refractivity contribution is 5.92. The Morgan fingerprint density at radius 1 is 0.879 bits per heavy atom. The average molecular weight is 786 g/mol. The van der Waals surface area contributed by atoms with Crippen molar-refractivity contribution in [3.05, 3.63) is 102 Å². The molecule has 3 fully saturated rings. The minimum absolute atomic E-state index is 0.0208. The van der Waals surface area contributed by atoms with Crippen LogP contribution in [-0.4, -0.2) is 92.0 Å². The molecule has 4 heterocycles. The van der Waals surface area contributed by atoms with Crippen molar-refractivity contribution in [1.29, 1.82) is 0 Å². The summed E-state index contributed by atoms with van der Waals surface area (Å²) in [5.74, 6) is 6.51. The second kappa shape index (κ2) is 19.3. The van der Waals surface area contributed by atoms with Crippen molar-refractivity contribution < 1.29 is 23.9 Å². The zero-order chi connectivity index (χ0) is 40.3. The number of ether oxygens (including phenoxy) is 1. The Balaban J connectivity index is 0.945. The van der Waals surface area contributed by atoms with Crippen LogP contribution in [0.15, 0.2) is 79.4 Å². The summed E-state index contributed by atoms with van der Waals surface area (Å²) in [5, 5.41) is 8.94. The molecule has 7 rings (SSSR count). The van der Waals surface area contributed by atoms with Crippen LogP contribution >= 0.6 is 0 Å². The zero-order valence-corrected chi connectivity index (χ0v) is 32.9. The van der Waals surface area contributed by atoms with Gasteiger partial charge in [0.1, 0.15) is 17.6 Å². The van der Waals surface area contributed by atoms with Gasteiger partial charge in [-0.25, -0.2) is 19.6 Å². The third-order valence-corrected chi connectivity index (χ3v) is 11.2. The third-order valence-electron chi connectivity index (χ3n) is 11.2. The first-order chi connectivity index (χ1) is 28.4. The average Bonchev–Trinajstić information content (AvgIpc) is 4.06. The standard InChI is InChI=1S/C44H51N9O5/c1-2-3-4-8-26-58-44(57)49-35-21-25-52(29-35)43(56)51-39(33-10-6-5-7-11-33)42(55)53-24-9-12-38(53)40-47-28-36(50-40)32-15-13-30(14-16-32)31-17-19-34(20-18-31)48-41(54)37-27-45-22-23-46-37/h5-7,10-11,13-16,22-23,27-28,31,34-35,38-39H,2-3,9,12,17-21,24-26,29H2,1H3,(H,47,50)(H,48,54)(H,49,57)(H,51,56)/t31?,34?,35-,38+,39-/m1/s1. The normalized spacial score (nSPS) is 20.7. The fraction of sp³-hybridized carbons (Fsp3) is 0.432. The quantitative estimate of drug-likeness (QED) is 0.133. The van der Waals surface area contributed by atoms with Gasteiger partial charge in [0, 0.05) is 44.5 Å². The van der Waals surface area contributed by atoms with E-state index in [0.717, 1.165) is 62.6 Å². The van der Waals surface area contributed by atoms with E-state index in [0.29, 0.717) is 49.1 Å². The molecule has 302 valence electrons. The number of rotatable bonds is 11. The summed E-state index contributed by atoms with van der Waals surface area (Å²) in [5.41, 5.74) is 4.17. The first-order valence-electron chi connectivity index (χ1n) is 20.4. The second-order valence-electron chi connectivity index (χ2n) is 15.2. The van der Waals surface area contributed by atoms with Crippen molar-refractivity contribution in [2.24, 2.45) is 0 Å². The molecule has 4 aromatic rings. The molecule has 3 atom stereocenters. The van der Waals surface area contributed by atoms with Gasteiger partial charge in [-0.2, -0.15) is 0 Å². The lowest BCUT2D eigenvalue weighted by atomic mass is 9.81. The molecule has 0 spiro atoms. The van der Waals surface area contributed by atoms with E-state index in [9.17, 15) is 19.2 Å². The van der Waals surface area contributed by atoms with Crippen molar-refractivity contribution in [3.63, 3.8) is 0 Å². The molecule has 4 N–H and O–H groups in total. The van der Waals surface area contributed by atoms with Gasteiger partial charge in [-0.3, -0.25) is 14.6 Å². The highest BCUT2D eigenvalue weighted by Gasteiger charge is 2.38. The lowest BCUT2D eigenvalue weighted by Gasteiger charge is -2.30. The summed E-state index contributed by atoms with van der Waals surface area (Å²) in [6.45, 7) is 3.32. The largest absolute Gasteiger partial charge is 0.436 e. The number of carbonyl (C=O) groups excluding carboxylic acids is 4. The van der Waals surface area contributed by atoms with E-state index in [-0.39, 0.29) is 42.6 Å². The minimum Gasteiger partial charge on any atom is -0.436 e. The summed E-state index contributed by atoms with van der Waals surface area (Å²) >= 11 is 0. The molecule has 14 heteroatoms. The first-order valence-corrected chi connectivity index (χ1v) is 20.4. The second-order valence-corrected chi connectivity index (χ2v) is 15.2. The predicted octanol–water partition coefficient (Wildman–Crippen LogP) is 6.04. The van der Waals surface area contributed by atoms with Crippen LogP contribution < -0.4 is 16.0 Å². The van der Waals surface area contributed by atoms with Gasteiger partial charge < -0.3 is 35.5 Å². The molecular weight excluding hydrogens is 735 g/mol. The molecule has 1 aliphatic carbocycles. The van der Waals surface area contributed by atoms with E-state index < -0.39 is 12.1 Å². The van der Waals surface area contributed by atoms with Crippen LogP contribution in [0.1, 0.15) is 110 Å². The number of imidazole rings is 1. The van der Waals surface area contributed by atoms with Gasteiger partial charge in [0.2, 0.25) is 5.91 Å². The maximum Gasteiger partial charge on any atom is 0.408 e. The summed E-state index contributed by atoms with van der Waals surface area (Å²) in [7, 11) is 0. The number of urea groups is 1. The van der Waals surface area contributed by atoms with E-state index in [1.807, 2.05) is 48.4 Å². The molecular formula is C44H51N9O5. The summed E-state index contributed by atoms with van der Waals surface area (Å²) in [4.78, 5) is 72.7. The molecule has 0 bridgehead atoms. The molecule has 5 amide bonds. The van der Waals surface area contributed by atoms with Crippen molar-refractivity contribution in [3.8, 4) is 23.1 Å². The van der Waals surface area contributed by atoms with Crippen LogP contribution in [0.4, 0.5) is 9.59 Å². The van der Waals surface area contributed by atoms with E-state index >= 15 is 0 Å². The van der Waals surface area contributed by atoms with Crippen LogP contribution in [-0.2, 0) is 9.53 Å². The van der Waals surface area contributed by atoms with Crippen molar-refractivity contribution in [1.82, 2.24) is 45.7 Å². The molecule has 1 saturated carbocycles. The van der Waals surface area contributed by atoms with Gasteiger partial charge in [0.15, 0.2) is 6.61 Å². The fourth-order valence-electron chi connectivity index (χ4n) is 8.10. The van der Waals surface area contributed by atoms with E-state index in [2.05, 4.69) is 67.0 Å². The Morgan fingerprint density at radius 2 is 1.69 bits per heavy atom. The molecule has 2 aromatic heterocycles. The highest BCUT2D eigenvalue weighted by Crippen LogP contribution is 2.36. The van der Waals surface area contributed by atoms with E-state index in [4.69, 9.17) is 9.72 Å². The van der Waals surface area contributed by atoms with Gasteiger partial charge in [0.25, 0.3) is 5.91 Å². The van der Waals surface area contributed by atoms with Crippen molar-refractivity contribution in [2.45, 2.75) is 94.8 Å². The molecule has 14 nitrogen and oxygen atoms in total. The third kappa shape index (κ3) is 10.0. The summed E-state index contributed by atoms with van der Waals surface area (Å²) in [6, 6.07) is 16.2. The molecule has 2 saturated heterocycles. The van der Waals surface area contributed by atoms with Gasteiger partial charge in [-0.1, -0.05) is 73.4 Å². The highest BCUT2D eigenvalue weighted by atomic mass is 16.5. The number of nitrogens with zero attached hydrogens (tertiary/aromatic N) is 5. The Labute approximate surface area is 339 Å². The molecule has 3 aliphatic rings. The number of amides is 5. The van der Waals surface area contributed by atoms with Gasteiger partial charge in [-0.15, -0.1) is 0 Å². The smallest absolute Gasteiger partial charge is 0.408 e. The number of likely N-dealkylation sites (tertiary alicyclic amines) is 2. The topological polar surface area (TPSA) is 175 Å². The zero-order valence-electron chi connectivity index (χ0n) is 32.9. The number of aromatic amines is 1. The molecule has 0 unspecified atom stereocenters. The molecule has 2 aliphatic heterocycles. The monoisotopic (exact) mass is 785 g/mol. The Kier molecular flexibility index (Phi) is 13.3. The van der Waals surface area contributed by atoms with Crippen LogP contribution in [0.2, 0.25) is 0 Å². The van der Waals surface area contributed by atoms with E-state index in [1.54, 1.807) is 11.1 Å². The SMILES string of the molecule is CCCC#CCOC(=O)N[C@@H]1CCN(C(=O)N[C@@H](C(=O)N2CCC[C@H]2c2ncc(-c3ccc(C4CCC(NC(=O)c5cnccn5)CC4)cc3)[nH]2)c2ccccc2)C1. The Bertz CT molecular complexity index is 2070. The number of benzene rings is 2. The van der Waals surface area contributed by atoms with Crippen molar-refractivity contribution in [2.75, 3.05) is 26.2 Å². The maximum atomic E-state index is 14.4. The van der Waals surface area contributed by atoms with E-state index in [1.165, 1.54) is 18.0 Å². The number of H-pyrrole nitrogens is 1. The number of nitrogens with one attached hydrogen (secondary N) is 4. The number of aromatic nitrogens is 4. The number of unbranched alkanes of at least 4 members (excludes halogenated alkanes) is 1. The molecule has 0 radical (unpaired) electrons. The van der Waals surface area contributed by atoms with Crippen LogP contribution in [0.25, 0.3) is 11.3 Å². The summed E-state index contributed by atoms with van der Waals surface area (Å²) < 4.78 is 5.17. The van der Waals surface area contributed by atoms with Gasteiger partial charge in [-0.05, 0) is 74.0 Å². The van der Waals surface area contributed by atoms with Crippen molar-refractivity contribution >= 4 is 23.9 Å². The lowest BCUT2D eigenvalue weighted by Crippen LogP contribution is -2.48. The maximum absolute atomic E-state index is 14.4. The number of hydrogen-bond acceptors (Lipinski definition) is 8. The van der Waals surface area contributed by atoms with Crippen LogP contribution in [0, 0.1) is 11.8 Å². The Hall–Kier alpha value is -6.23. The van der Waals surface area contributed by atoms with Gasteiger partial charge in [0.05, 0.1) is 30.2 Å². The fourth-order valence-corrected chi connectivity index (χ4v) is 8.10. The lowest BCUT2D eigenvalue weighted by molar-refractivity contribution is -0.134. The van der Waals surface area contributed by atoms with Crippen LogP contribution in [0.5, 0.6) is 0 Å². The molecule has 2 aromatic carbocycles. The minimum atomic E-state index is -0.903. The Morgan fingerprint density at radius 3 is 2.45 bits per heavy atom. The summed E-state index contributed by atoms with van der Waals surface area (Å²) in [6.07, 6.45) is 13.4. The van der Waals surface area contributed by atoms with Gasteiger partial charge >= 0.3 is 12.1 Å². The van der Waals surface area contributed by atoms with Crippen LogP contribution in [0.3, 0.4) is 0 Å².